The Morgan fingerprint density at radius 1 is 1.18 bits per heavy atom. The van der Waals surface area contributed by atoms with Gasteiger partial charge in [-0.3, -0.25) is 0 Å². The van der Waals surface area contributed by atoms with E-state index in [-0.39, 0.29) is 0 Å². The summed E-state index contributed by atoms with van der Waals surface area (Å²) in [5, 5.41) is 6.10. The van der Waals surface area contributed by atoms with Gasteiger partial charge in [-0.2, -0.15) is 0 Å². The smallest absolute Gasteiger partial charge is 0.407 e. The highest BCUT2D eigenvalue weighted by Gasteiger charge is 2.16. The fourth-order valence-corrected chi connectivity index (χ4v) is 1.92. The summed E-state index contributed by atoms with van der Waals surface area (Å²) in [7, 11) is 0. The average molecular weight is 302 g/mol. The van der Waals surface area contributed by atoms with E-state index in [1.54, 1.807) is 12.5 Å². The van der Waals surface area contributed by atoms with Crippen molar-refractivity contribution < 1.29 is 13.9 Å². The fraction of sp³-hybridized carbons (Fsp3) is 0.353. The van der Waals surface area contributed by atoms with Crippen molar-refractivity contribution in [3.8, 4) is 0 Å². The number of rotatable bonds is 5. The largest absolute Gasteiger partial charge is 0.472 e. The molecule has 0 saturated heterocycles. The predicted molar refractivity (Wildman–Crippen MR) is 85.6 cm³/mol. The highest BCUT2D eigenvalue weighted by Crippen LogP contribution is 2.16. The van der Waals surface area contributed by atoms with Crippen molar-refractivity contribution >= 4 is 11.8 Å². The van der Waals surface area contributed by atoms with E-state index in [0.717, 1.165) is 16.8 Å². The zero-order chi connectivity index (χ0) is 16.0. The SMILES string of the molecule is CC(C)(C)OC(=O)NCc1ccccc1NCc1ccoc1. The van der Waals surface area contributed by atoms with Crippen LogP contribution < -0.4 is 10.6 Å². The third kappa shape index (κ3) is 5.16. The van der Waals surface area contributed by atoms with Gasteiger partial charge in [-0.05, 0) is 38.5 Å². The van der Waals surface area contributed by atoms with E-state index in [2.05, 4.69) is 10.6 Å². The molecule has 0 unspecified atom stereocenters. The Morgan fingerprint density at radius 2 is 1.95 bits per heavy atom. The van der Waals surface area contributed by atoms with E-state index in [4.69, 9.17) is 9.15 Å². The number of para-hydroxylation sites is 1. The summed E-state index contributed by atoms with van der Waals surface area (Å²) in [5.74, 6) is 0. The molecule has 2 rings (SSSR count). The van der Waals surface area contributed by atoms with Gasteiger partial charge in [0.2, 0.25) is 0 Å². The summed E-state index contributed by atoms with van der Waals surface area (Å²) in [5.41, 5.74) is 2.54. The molecular formula is C17H22N2O3. The minimum absolute atomic E-state index is 0.406. The third-order valence-electron chi connectivity index (χ3n) is 2.90. The molecule has 5 nitrogen and oxygen atoms in total. The van der Waals surface area contributed by atoms with Crippen molar-refractivity contribution in [2.45, 2.75) is 39.5 Å². The maximum Gasteiger partial charge on any atom is 0.407 e. The van der Waals surface area contributed by atoms with Crippen LogP contribution in [0.1, 0.15) is 31.9 Å². The van der Waals surface area contributed by atoms with E-state index >= 15 is 0 Å². The Kier molecular flexibility index (Phi) is 5.09. The van der Waals surface area contributed by atoms with Crippen molar-refractivity contribution in [2.24, 2.45) is 0 Å². The number of furan rings is 1. The molecule has 118 valence electrons. The van der Waals surface area contributed by atoms with Crippen LogP contribution >= 0.6 is 0 Å². The third-order valence-corrected chi connectivity index (χ3v) is 2.90. The first-order chi connectivity index (χ1) is 10.4. The number of carbonyl (C=O) groups is 1. The monoisotopic (exact) mass is 302 g/mol. The Labute approximate surface area is 130 Å². The van der Waals surface area contributed by atoms with Gasteiger partial charge in [-0.1, -0.05) is 18.2 Å². The van der Waals surface area contributed by atoms with Crippen molar-refractivity contribution in [2.75, 3.05) is 5.32 Å². The lowest BCUT2D eigenvalue weighted by Crippen LogP contribution is -2.32. The van der Waals surface area contributed by atoms with E-state index in [1.165, 1.54) is 0 Å². The molecule has 0 saturated carbocycles. The zero-order valence-corrected chi connectivity index (χ0v) is 13.2. The number of hydrogen-bond acceptors (Lipinski definition) is 4. The van der Waals surface area contributed by atoms with Crippen LogP contribution in [0.25, 0.3) is 0 Å². The van der Waals surface area contributed by atoms with Gasteiger partial charge in [0, 0.05) is 24.3 Å². The second-order valence-corrected chi connectivity index (χ2v) is 6.00. The second-order valence-electron chi connectivity index (χ2n) is 6.00. The number of benzene rings is 1. The molecular weight excluding hydrogens is 280 g/mol. The maximum absolute atomic E-state index is 11.7. The van der Waals surface area contributed by atoms with Crippen LogP contribution in [0, 0.1) is 0 Å². The standard InChI is InChI=1S/C17H22N2O3/c1-17(2,3)22-16(20)19-11-14-6-4-5-7-15(14)18-10-13-8-9-21-12-13/h4-9,12,18H,10-11H2,1-3H3,(H,19,20). The highest BCUT2D eigenvalue weighted by atomic mass is 16.6. The van der Waals surface area contributed by atoms with Crippen LogP contribution in [0.4, 0.5) is 10.5 Å². The molecule has 0 radical (unpaired) electrons. The predicted octanol–water partition coefficient (Wildman–Crippen LogP) is 3.92. The summed E-state index contributed by atoms with van der Waals surface area (Å²) < 4.78 is 10.3. The van der Waals surface area contributed by atoms with Crippen LogP contribution in [0.15, 0.2) is 47.3 Å². The Morgan fingerprint density at radius 3 is 2.64 bits per heavy atom. The lowest BCUT2D eigenvalue weighted by Gasteiger charge is -2.20. The molecule has 5 heteroatoms. The maximum atomic E-state index is 11.7. The van der Waals surface area contributed by atoms with Gasteiger partial charge in [0.05, 0.1) is 12.5 Å². The van der Waals surface area contributed by atoms with Crippen molar-refractivity contribution in [1.29, 1.82) is 0 Å². The lowest BCUT2D eigenvalue weighted by molar-refractivity contribution is 0.0523. The second kappa shape index (κ2) is 7.02. The Hall–Kier alpha value is -2.43. The van der Waals surface area contributed by atoms with Crippen LogP contribution in [-0.2, 0) is 17.8 Å². The number of ether oxygens (including phenoxy) is 1. The van der Waals surface area contributed by atoms with Gasteiger partial charge in [0.25, 0.3) is 0 Å². The molecule has 1 aromatic carbocycles. The number of amides is 1. The fourth-order valence-electron chi connectivity index (χ4n) is 1.92. The molecule has 1 heterocycles. The van der Waals surface area contributed by atoms with Gasteiger partial charge < -0.3 is 19.8 Å². The van der Waals surface area contributed by atoms with Crippen molar-refractivity contribution in [3.05, 3.63) is 54.0 Å². The first-order valence-electron chi connectivity index (χ1n) is 7.24. The highest BCUT2D eigenvalue weighted by molar-refractivity contribution is 5.68. The van der Waals surface area contributed by atoms with Gasteiger partial charge in [-0.25, -0.2) is 4.79 Å². The Balaban J connectivity index is 1.92. The van der Waals surface area contributed by atoms with Gasteiger partial charge in [-0.15, -0.1) is 0 Å². The average Bonchev–Trinajstić information content (AvgIpc) is 2.95. The lowest BCUT2D eigenvalue weighted by atomic mass is 10.1. The van der Waals surface area contributed by atoms with E-state index in [0.29, 0.717) is 13.1 Å². The first kappa shape index (κ1) is 15.9. The minimum atomic E-state index is -0.497. The molecule has 1 aromatic heterocycles. The number of nitrogens with one attached hydrogen (secondary N) is 2. The van der Waals surface area contributed by atoms with Gasteiger partial charge in [0.15, 0.2) is 0 Å². The molecule has 0 fully saturated rings. The topological polar surface area (TPSA) is 63.5 Å². The van der Waals surface area contributed by atoms with Gasteiger partial charge in [0.1, 0.15) is 5.60 Å². The Bertz CT molecular complexity index is 601. The quantitative estimate of drug-likeness (QED) is 0.878. The van der Waals surface area contributed by atoms with Crippen LogP contribution in [0.3, 0.4) is 0 Å². The molecule has 0 atom stereocenters. The molecule has 2 N–H and O–H groups in total. The number of alkyl carbamates (subject to hydrolysis) is 1. The normalized spacial score (nSPS) is 11.0. The van der Waals surface area contributed by atoms with E-state index in [1.807, 2.05) is 51.1 Å². The van der Waals surface area contributed by atoms with E-state index in [9.17, 15) is 4.79 Å². The van der Waals surface area contributed by atoms with Crippen molar-refractivity contribution in [3.63, 3.8) is 0 Å². The number of anilines is 1. The summed E-state index contributed by atoms with van der Waals surface area (Å²) in [6, 6.07) is 9.75. The number of carbonyl (C=O) groups excluding carboxylic acids is 1. The minimum Gasteiger partial charge on any atom is -0.472 e. The number of hydrogen-bond donors (Lipinski definition) is 2. The van der Waals surface area contributed by atoms with Crippen LogP contribution in [-0.4, -0.2) is 11.7 Å². The van der Waals surface area contributed by atoms with E-state index < -0.39 is 11.7 Å². The first-order valence-corrected chi connectivity index (χ1v) is 7.24. The summed E-state index contributed by atoms with van der Waals surface area (Å²) in [4.78, 5) is 11.7. The molecule has 22 heavy (non-hydrogen) atoms. The summed E-state index contributed by atoms with van der Waals surface area (Å²) in [6.45, 7) is 6.59. The van der Waals surface area contributed by atoms with Crippen molar-refractivity contribution in [1.82, 2.24) is 5.32 Å². The zero-order valence-electron chi connectivity index (χ0n) is 13.2. The van der Waals surface area contributed by atoms with Gasteiger partial charge >= 0.3 is 6.09 Å². The molecule has 0 aliphatic rings. The molecule has 0 aliphatic heterocycles. The molecule has 0 bridgehead atoms. The summed E-state index contributed by atoms with van der Waals surface area (Å²) in [6.07, 6.45) is 2.93. The molecule has 1 amide bonds. The molecule has 0 spiro atoms. The molecule has 0 aliphatic carbocycles. The molecule has 2 aromatic rings. The summed E-state index contributed by atoms with van der Waals surface area (Å²) >= 11 is 0. The van der Waals surface area contributed by atoms with Crippen LogP contribution in [0.5, 0.6) is 0 Å². The van der Waals surface area contributed by atoms with Crippen LogP contribution in [0.2, 0.25) is 0 Å².